The summed E-state index contributed by atoms with van der Waals surface area (Å²) in [5.41, 5.74) is 6.53. The molecule has 3 unspecified atom stereocenters. The van der Waals surface area contributed by atoms with E-state index in [4.69, 9.17) is 4.74 Å². The third-order valence-electron chi connectivity index (χ3n) is 7.06. The predicted octanol–water partition coefficient (Wildman–Crippen LogP) is 6.47. The number of fused-ring (bicyclic) bond motifs is 3. The van der Waals surface area contributed by atoms with E-state index in [-0.39, 0.29) is 11.7 Å². The van der Waals surface area contributed by atoms with Gasteiger partial charge >= 0.3 is 0 Å². The van der Waals surface area contributed by atoms with Gasteiger partial charge in [0.15, 0.2) is 0 Å². The Kier molecular flexibility index (Phi) is 5.08. The van der Waals surface area contributed by atoms with Crippen LogP contribution in [0.25, 0.3) is 0 Å². The van der Waals surface area contributed by atoms with Gasteiger partial charge in [-0.2, -0.15) is 0 Å². The van der Waals surface area contributed by atoms with E-state index in [0.717, 1.165) is 19.3 Å². The van der Waals surface area contributed by atoms with Crippen molar-refractivity contribution in [2.45, 2.75) is 44.8 Å². The van der Waals surface area contributed by atoms with Gasteiger partial charge in [0.1, 0.15) is 0 Å². The zero-order chi connectivity index (χ0) is 20.6. The Labute approximate surface area is 180 Å². The van der Waals surface area contributed by atoms with Crippen molar-refractivity contribution >= 4 is 0 Å². The van der Waals surface area contributed by atoms with Gasteiger partial charge in [-0.15, -0.1) is 0 Å². The molecule has 152 valence electrons. The first-order chi connectivity index (χ1) is 14.6. The fourth-order valence-corrected chi connectivity index (χ4v) is 5.27. The molecule has 0 radical (unpaired) electrons. The molecule has 2 aliphatic carbocycles. The summed E-state index contributed by atoms with van der Waals surface area (Å²) in [6.07, 6.45) is 19.2. The summed E-state index contributed by atoms with van der Waals surface area (Å²) in [6, 6.07) is 17.4. The van der Waals surface area contributed by atoms with Crippen LogP contribution >= 0.6 is 0 Å². The fourth-order valence-electron chi connectivity index (χ4n) is 5.27. The van der Waals surface area contributed by atoms with Gasteiger partial charge in [-0.1, -0.05) is 91.1 Å². The van der Waals surface area contributed by atoms with Gasteiger partial charge in [-0.3, -0.25) is 0 Å². The average molecular weight is 395 g/mol. The molecule has 5 rings (SSSR count). The molecule has 3 atom stereocenters. The highest BCUT2D eigenvalue weighted by Crippen LogP contribution is 2.43. The largest absolute Gasteiger partial charge is 0.362 e. The van der Waals surface area contributed by atoms with Gasteiger partial charge in [-0.05, 0) is 54.0 Å². The van der Waals surface area contributed by atoms with Gasteiger partial charge in [-0.25, -0.2) is 0 Å². The van der Waals surface area contributed by atoms with Crippen LogP contribution in [0.15, 0.2) is 96.6 Å². The maximum absolute atomic E-state index is 7.02. The summed E-state index contributed by atoms with van der Waals surface area (Å²) in [5, 5.41) is 0. The number of hydrogen-bond donors (Lipinski definition) is 0. The predicted molar refractivity (Wildman–Crippen MR) is 124 cm³/mol. The molecule has 0 fully saturated rings. The van der Waals surface area contributed by atoms with E-state index in [1.165, 1.54) is 27.8 Å². The molecular weight excluding hydrogens is 364 g/mol. The van der Waals surface area contributed by atoms with Crippen molar-refractivity contribution in [1.82, 2.24) is 0 Å². The van der Waals surface area contributed by atoms with E-state index in [9.17, 15) is 0 Å². The molecule has 0 spiro atoms. The van der Waals surface area contributed by atoms with E-state index >= 15 is 0 Å². The van der Waals surface area contributed by atoms with Crippen LogP contribution in [-0.2, 0) is 17.6 Å². The molecule has 1 heteroatoms. The number of allylic oxidation sites excluding steroid dienone is 5. The molecule has 1 aliphatic heterocycles. The Morgan fingerprint density at radius 1 is 0.900 bits per heavy atom. The second-order valence-corrected chi connectivity index (χ2v) is 9.09. The quantitative estimate of drug-likeness (QED) is 0.540. The van der Waals surface area contributed by atoms with E-state index in [1.54, 1.807) is 0 Å². The number of hydrogen-bond acceptors (Lipinski definition) is 1. The van der Waals surface area contributed by atoms with Crippen molar-refractivity contribution in [3.63, 3.8) is 0 Å². The zero-order valence-corrected chi connectivity index (χ0v) is 17.9. The van der Waals surface area contributed by atoms with Gasteiger partial charge in [0, 0.05) is 18.8 Å². The Morgan fingerprint density at radius 3 is 2.23 bits per heavy atom. The Morgan fingerprint density at radius 2 is 1.57 bits per heavy atom. The number of ether oxygens (including phenoxy) is 1. The average Bonchev–Trinajstić information content (AvgIpc) is 2.77. The first kappa shape index (κ1) is 19.3. The fraction of sp³-hybridized carbons (Fsp3) is 0.310. The summed E-state index contributed by atoms with van der Waals surface area (Å²) >= 11 is 0. The molecule has 0 saturated heterocycles. The molecule has 0 amide bonds. The van der Waals surface area contributed by atoms with E-state index in [0.29, 0.717) is 11.8 Å². The lowest BCUT2D eigenvalue weighted by molar-refractivity contribution is -0.0770. The van der Waals surface area contributed by atoms with Gasteiger partial charge in [0.05, 0.1) is 11.7 Å². The molecule has 0 bridgehead atoms. The van der Waals surface area contributed by atoms with Gasteiger partial charge in [0.25, 0.3) is 0 Å². The lowest BCUT2D eigenvalue weighted by Gasteiger charge is -2.45. The topological polar surface area (TPSA) is 9.23 Å². The van der Waals surface area contributed by atoms with Crippen molar-refractivity contribution in [2.75, 3.05) is 0 Å². The van der Waals surface area contributed by atoms with E-state index in [2.05, 4.69) is 105 Å². The third kappa shape index (κ3) is 3.63. The van der Waals surface area contributed by atoms with Crippen LogP contribution in [0.3, 0.4) is 0 Å². The van der Waals surface area contributed by atoms with Crippen LogP contribution < -0.4 is 0 Å². The maximum atomic E-state index is 7.02. The minimum absolute atomic E-state index is 0.136. The molecule has 0 N–H and O–H groups in total. The molecular formula is C29H30O. The Balaban J connectivity index is 1.52. The maximum Gasteiger partial charge on any atom is 0.0951 e. The standard InChI is InChI=1S/C29H30O/c1-21-9-3-5-12-24(21)19-29(20-25-13-6-4-10-22(25)2)18-17-27-26-14-8-7-11-23(26)15-16-28(27)30-29/h3-13,15-18,26-28H,14,19-20H2,1-2H3. The Hall–Kier alpha value is -2.64. The summed E-state index contributed by atoms with van der Waals surface area (Å²) in [7, 11) is 0. The van der Waals surface area contributed by atoms with Gasteiger partial charge in [0.2, 0.25) is 0 Å². The van der Waals surface area contributed by atoms with Crippen LogP contribution in [0, 0.1) is 25.7 Å². The minimum Gasteiger partial charge on any atom is -0.362 e. The van der Waals surface area contributed by atoms with Crippen molar-refractivity contribution in [1.29, 1.82) is 0 Å². The summed E-state index contributed by atoms with van der Waals surface area (Å²) in [5.74, 6) is 0.962. The van der Waals surface area contributed by atoms with Gasteiger partial charge < -0.3 is 4.74 Å². The highest BCUT2D eigenvalue weighted by molar-refractivity contribution is 5.39. The van der Waals surface area contributed by atoms with Crippen LogP contribution in [0.4, 0.5) is 0 Å². The first-order valence-corrected chi connectivity index (χ1v) is 11.1. The molecule has 0 aromatic heterocycles. The second-order valence-electron chi connectivity index (χ2n) is 9.09. The summed E-state index contributed by atoms with van der Waals surface area (Å²) in [4.78, 5) is 0. The summed E-state index contributed by atoms with van der Waals surface area (Å²) in [6.45, 7) is 4.41. The molecule has 2 aromatic rings. The molecule has 2 aromatic carbocycles. The van der Waals surface area contributed by atoms with Crippen molar-refractivity contribution in [2.24, 2.45) is 11.8 Å². The third-order valence-corrected chi connectivity index (χ3v) is 7.06. The van der Waals surface area contributed by atoms with Crippen LogP contribution in [0.1, 0.15) is 28.7 Å². The van der Waals surface area contributed by atoms with E-state index in [1.807, 2.05) is 0 Å². The first-order valence-electron chi connectivity index (χ1n) is 11.1. The molecule has 1 nitrogen and oxygen atoms in total. The second kappa shape index (κ2) is 7.89. The lowest BCUT2D eigenvalue weighted by Crippen LogP contribution is -2.47. The Bertz CT molecular complexity index is 1000. The molecule has 0 saturated carbocycles. The highest BCUT2D eigenvalue weighted by Gasteiger charge is 2.42. The molecule has 30 heavy (non-hydrogen) atoms. The van der Waals surface area contributed by atoms with Crippen LogP contribution in [-0.4, -0.2) is 11.7 Å². The SMILES string of the molecule is Cc1ccccc1CC1(Cc2ccccc2C)C=CC2C(C=CC3=CC=CCC32)O1. The highest BCUT2D eigenvalue weighted by atomic mass is 16.5. The molecule has 1 heterocycles. The monoisotopic (exact) mass is 394 g/mol. The minimum atomic E-state index is -0.324. The van der Waals surface area contributed by atoms with Crippen molar-refractivity contribution < 1.29 is 4.74 Å². The van der Waals surface area contributed by atoms with Crippen LogP contribution in [0.2, 0.25) is 0 Å². The molecule has 3 aliphatic rings. The smallest absolute Gasteiger partial charge is 0.0951 e. The number of benzene rings is 2. The van der Waals surface area contributed by atoms with E-state index < -0.39 is 0 Å². The zero-order valence-electron chi connectivity index (χ0n) is 17.9. The van der Waals surface area contributed by atoms with Crippen molar-refractivity contribution in [3.05, 3.63) is 119 Å². The number of rotatable bonds is 4. The summed E-state index contributed by atoms with van der Waals surface area (Å²) < 4.78 is 7.02. The number of aryl methyl sites for hydroxylation is 2. The van der Waals surface area contributed by atoms with Crippen LogP contribution in [0.5, 0.6) is 0 Å². The normalized spacial score (nSPS) is 26.1. The lowest BCUT2D eigenvalue weighted by atomic mass is 9.71. The van der Waals surface area contributed by atoms with Crippen molar-refractivity contribution in [3.8, 4) is 0 Å².